The van der Waals surface area contributed by atoms with Gasteiger partial charge in [0.25, 0.3) is 0 Å². The van der Waals surface area contributed by atoms with E-state index < -0.39 is 10.0 Å². The van der Waals surface area contributed by atoms with Crippen LogP contribution in [-0.4, -0.2) is 37.7 Å². The predicted molar refractivity (Wildman–Crippen MR) is 94.9 cm³/mol. The fourth-order valence-corrected chi connectivity index (χ4v) is 4.55. The Bertz CT molecular complexity index is 847. The SMILES string of the molecule is CC(=O)c1ccc(S(=O)(=O)N2CC(c3ccccc3)OCC2C)cc1. The molecule has 0 amide bonds. The summed E-state index contributed by atoms with van der Waals surface area (Å²) in [6.45, 7) is 3.90. The number of rotatable bonds is 4. The van der Waals surface area contributed by atoms with Crippen LogP contribution in [-0.2, 0) is 14.8 Å². The second-order valence-electron chi connectivity index (χ2n) is 6.24. The lowest BCUT2D eigenvalue weighted by Crippen LogP contribution is -2.48. The van der Waals surface area contributed by atoms with Gasteiger partial charge in [0.05, 0.1) is 17.6 Å². The molecule has 3 rings (SSSR count). The molecule has 2 aromatic rings. The maximum absolute atomic E-state index is 13.0. The maximum Gasteiger partial charge on any atom is 0.243 e. The molecular formula is C19H21NO4S. The van der Waals surface area contributed by atoms with Crippen LogP contribution < -0.4 is 0 Å². The highest BCUT2D eigenvalue weighted by Crippen LogP contribution is 2.29. The number of carbonyl (C=O) groups is 1. The molecule has 1 aliphatic rings. The molecule has 0 spiro atoms. The molecular weight excluding hydrogens is 338 g/mol. The molecule has 2 atom stereocenters. The van der Waals surface area contributed by atoms with E-state index in [1.165, 1.54) is 23.4 Å². The smallest absolute Gasteiger partial charge is 0.243 e. The fraction of sp³-hybridized carbons (Fsp3) is 0.316. The monoisotopic (exact) mass is 359 g/mol. The molecule has 0 radical (unpaired) electrons. The molecule has 1 aliphatic heterocycles. The summed E-state index contributed by atoms with van der Waals surface area (Å²) in [6.07, 6.45) is -0.288. The quantitative estimate of drug-likeness (QED) is 0.787. The van der Waals surface area contributed by atoms with Crippen molar-refractivity contribution < 1.29 is 17.9 Å². The van der Waals surface area contributed by atoms with Gasteiger partial charge in [0.1, 0.15) is 0 Å². The van der Waals surface area contributed by atoms with Crippen LogP contribution in [0.4, 0.5) is 0 Å². The van der Waals surface area contributed by atoms with Crippen molar-refractivity contribution >= 4 is 15.8 Å². The Balaban J connectivity index is 1.88. The van der Waals surface area contributed by atoms with Gasteiger partial charge in [-0.2, -0.15) is 4.31 Å². The van der Waals surface area contributed by atoms with Gasteiger partial charge in [0.2, 0.25) is 10.0 Å². The van der Waals surface area contributed by atoms with E-state index >= 15 is 0 Å². The van der Waals surface area contributed by atoms with Gasteiger partial charge in [0.15, 0.2) is 5.78 Å². The van der Waals surface area contributed by atoms with E-state index in [1.807, 2.05) is 37.3 Å². The third kappa shape index (κ3) is 3.66. The first-order chi connectivity index (χ1) is 11.9. The van der Waals surface area contributed by atoms with Gasteiger partial charge in [-0.25, -0.2) is 8.42 Å². The second-order valence-corrected chi connectivity index (χ2v) is 8.13. The highest BCUT2D eigenvalue weighted by atomic mass is 32.2. The van der Waals surface area contributed by atoms with Crippen LogP contribution in [0.25, 0.3) is 0 Å². The van der Waals surface area contributed by atoms with Gasteiger partial charge in [-0.05, 0) is 31.5 Å². The van der Waals surface area contributed by atoms with Crippen LogP contribution in [0.1, 0.15) is 35.9 Å². The Morgan fingerprint density at radius 3 is 2.32 bits per heavy atom. The Morgan fingerprint density at radius 1 is 1.08 bits per heavy atom. The second kappa shape index (κ2) is 7.07. The average Bonchev–Trinajstić information content (AvgIpc) is 2.62. The maximum atomic E-state index is 13.0. The number of ether oxygens (including phenoxy) is 1. The van der Waals surface area contributed by atoms with E-state index in [4.69, 9.17) is 4.74 Å². The minimum absolute atomic E-state index is 0.0900. The van der Waals surface area contributed by atoms with Crippen LogP contribution in [0, 0.1) is 0 Å². The summed E-state index contributed by atoms with van der Waals surface area (Å²) in [5.74, 6) is -0.0900. The van der Waals surface area contributed by atoms with Crippen molar-refractivity contribution in [3.05, 3.63) is 65.7 Å². The lowest BCUT2D eigenvalue weighted by atomic mass is 10.1. The van der Waals surface area contributed by atoms with Gasteiger partial charge in [-0.1, -0.05) is 42.5 Å². The average molecular weight is 359 g/mol. The number of benzene rings is 2. The lowest BCUT2D eigenvalue weighted by molar-refractivity contribution is -0.0288. The van der Waals surface area contributed by atoms with Crippen molar-refractivity contribution in [3.8, 4) is 0 Å². The van der Waals surface area contributed by atoms with Crippen molar-refractivity contribution in [1.82, 2.24) is 4.31 Å². The van der Waals surface area contributed by atoms with E-state index in [9.17, 15) is 13.2 Å². The van der Waals surface area contributed by atoms with Crippen molar-refractivity contribution in [1.29, 1.82) is 0 Å². The summed E-state index contributed by atoms with van der Waals surface area (Å²) >= 11 is 0. The number of hydrogen-bond donors (Lipinski definition) is 0. The van der Waals surface area contributed by atoms with Crippen LogP contribution in [0.5, 0.6) is 0 Å². The molecule has 1 heterocycles. The van der Waals surface area contributed by atoms with Gasteiger partial charge in [-0.15, -0.1) is 0 Å². The molecule has 132 valence electrons. The Labute approximate surface area is 148 Å². The van der Waals surface area contributed by atoms with Crippen molar-refractivity contribution in [3.63, 3.8) is 0 Å². The molecule has 0 aliphatic carbocycles. The van der Waals surface area contributed by atoms with E-state index in [0.717, 1.165) is 5.56 Å². The molecule has 0 saturated carbocycles. The Morgan fingerprint density at radius 2 is 1.72 bits per heavy atom. The number of nitrogens with zero attached hydrogens (tertiary/aromatic N) is 1. The minimum atomic E-state index is -3.65. The van der Waals surface area contributed by atoms with Crippen molar-refractivity contribution in [2.45, 2.75) is 30.9 Å². The third-order valence-electron chi connectivity index (χ3n) is 4.41. The molecule has 1 saturated heterocycles. The number of sulfonamides is 1. The van der Waals surface area contributed by atoms with E-state index in [2.05, 4.69) is 0 Å². The number of hydrogen-bond acceptors (Lipinski definition) is 4. The van der Waals surface area contributed by atoms with Gasteiger partial charge in [0, 0.05) is 18.2 Å². The van der Waals surface area contributed by atoms with Crippen molar-refractivity contribution in [2.75, 3.05) is 13.2 Å². The summed E-state index contributed by atoms with van der Waals surface area (Å²) in [5.41, 5.74) is 1.46. The van der Waals surface area contributed by atoms with Crippen LogP contribution in [0.2, 0.25) is 0 Å². The molecule has 0 aromatic heterocycles. The van der Waals surface area contributed by atoms with E-state index in [-0.39, 0.29) is 29.4 Å². The number of morpholine rings is 1. The van der Waals surface area contributed by atoms with Gasteiger partial charge in [-0.3, -0.25) is 4.79 Å². The largest absolute Gasteiger partial charge is 0.370 e. The van der Waals surface area contributed by atoms with E-state index in [1.54, 1.807) is 12.1 Å². The van der Waals surface area contributed by atoms with Crippen molar-refractivity contribution in [2.24, 2.45) is 0 Å². The Kier molecular flexibility index (Phi) is 5.03. The van der Waals surface area contributed by atoms with Gasteiger partial charge >= 0.3 is 0 Å². The normalized spacial score (nSPS) is 21.8. The number of carbonyl (C=O) groups excluding carboxylic acids is 1. The summed E-state index contributed by atoms with van der Waals surface area (Å²) < 4.78 is 33.4. The summed E-state index contributed by atoms with van der Waals surface area (Å²) in [4.78, 5) is 11.6. The fourth-order valence-electron chi connectivity index (χ4n) is 2.94. The minimum Gasteiger partial charge on any atom is -0.370 e. The molecule has 25 heavy (non-hydrogen) atoms. The van der Waals surface area contributed by atoms with Gasteiger partial charge < -0.3 is 4.74 Å². The first-order valence-corrected chi connectivity index (χ1v) is 9.63. The predicted octanol–water partition coefficient (Wildman–Crippen LogP) is 3.04. The standard InChI is InChI=1S/C19H21NO4S/c1-14-13-24-19(17-6-4-3-5-7-17)12-20(14)25(22,23)18-10-8-16(9-11-18)15(2)21/h3-11,14,19H,12-13H2,1-2H3. The summed E-state index contributed by atoms with van der Waals surface area (Å²) in [7, 11) is -3.65. The van der Waals surface area contributed by atoms with Crippen LogP contribution in [0.15, 0.2) is 59.5 Å². The molecule has 2 aromatic carbocycles. The zero-order valence-electron chi connectivity index (χ0n) is 14.3. The van der Waals surface area contributed by atoms with Crippen LogP contribution >= 0.6 is 0 Å². The van der Waals surface area contributed by atoms with E-state index in [0.29, 0.717) is 12.2 Å². The third-order valence-corrected chi connectivity index (χ3v) is 6.41. The first kappa shape index (κ1) is 17.8. The number of Topliss-reactive ketones (excluding diaryl/α,β-unsaturated/α-hetero) is 1. The Hall–Kier alpha value is -2.02. The number of ketones is 1. The van der Waals surface area contributed by atoms with Crippen LogP contribution in [0.3, 0.4) is 0 Å². The first-order valence-electron chi connectivity index (χ1n) is 8.19. The summed E-state index contributed by atoms with van der Waals surface area (Å²) in [6, 6.07) is 15.4. The summed E-state index contributed by atoms with van der Waals surface area (Å²) in [5, 5.41) is 0. The topological polar surface area (TPSA) is 63.7 Å². The molecule has 6 heteroatoms. The molecule has 0 bridgehead atoms. The highest BCUT2D eigenvalue weighted by molar-refractivity contribution is 7.89. The lowest BCUT2D eigenvalue weighted by Gasteiger charge is -2.37. The molecule has 0 N–H and O–H groups in total. The molecule has 2 unspecified atom stereocenters. The molecule has 5 nitrogen and oxygen atoms in total. The molecule has 1 fully saturated rings. The highest BCUT2D eigenvalue weighted by Gasteiger charge is 2.36. The zero-order valence-corrected chi connectivity index (χ0v) is 15.1. The zero-order chi connectivity index (χ0) is 18.0.